The number of benzene rings is 2. The van der Waals surface area contributed by atoms with E-state index in [4.69, 9.17) is 4.74 Å². The van der Waals surface area contributed by atoms with E-state index >= 15 is 0 Å². The highest BCUT2D eigenvalue weighted by atomic mass is 16.5. The Kier molecular flexibility index (Phi) is 6.01. The minimum atomic E-state index is -0.443. The maximum absolute atomic E-state index is 12.7. The zero-order chi connectivity index (χ0) is 21.1. The quantitative estimate of drug-likeness (QED) is 0.789. The first-order chi connectivity index (χ1) is 13.8. The number of carbonyl (C=O) groups excluding carboxylic acids is 3. The summed E-state index contributed by atoms with van der Waals surface area (Å²) in [5.74, 6) is -1.11. The molecular weight excluding hydrogens is 368 g/mol. The molecule has 3 rings (SSSR count). The summed E-state index contributed by atoms with van der Waals surface area (Å²) < 4.78 is 4.82. The van der Waals surface area contributed by atoms with E-state index < -0.39 is 11.9 Å². The molecule has 0 bridgehead atoms. The lowest BCUT2D eigenvalue weighted by molar-refractivity contribution is -0.128. The molecule has 1 aliphatic rings. The molecule has 1 aliphatic heterocycles. The molecular formula is C23H26N2O4. The van der Waals surface area contributed by atoms with Crippen LogP contribution in [0.15, 0.2) is 36.4 Å². The van der Waals surface area contributed by atoms with Crippen LogP contribution in [-0.2, 0) is 20.9 Å². The topological polar surface area (TPSA) is 75.7 Å². The van der Waals surface area contributed by atoms with Gasteiger partial charge in [-0.05, 0) is 49.6 Å². The Bertz CT molecular complexity index is 950. The number of hydrogen-bond donors (Lipinski definition) is 1. The van der Waals surface area contributed by atoms with E-state index in [2.05, 4.69) is 5.32 Å². The van der Waals surface area contributed by atoms with Gasteiger partial charge in [0, 0.05) is 25.2 Å². The Morgan fingerprint density at radius 1 is 1.14 bits per heavy atom. The second-order valence-electron chi connectivity index (χ2n) is 7.61. The fraction of sp³-hybridized carbons (Fsp3) is 0.348. The van der Waals surface area contributed by atoms with Gasteiger partial charge in [0.25, 0.3) is 0 Å². The summed E-state index contributed by atoms with van der Waals surface area (Å²) in [6.45, 7) is 6.61. The molecule has 6 nitrogen and oxygen atoms in total. The largest absolute Gasteiger partial charge is 0.465 e. The monoisotopic (exact) mass is 394 g/mol. The van der Waals surface area contributed by atoms with E-state index in [1.54, 1.807) is 11.0 Å². The summed E-state index contributed by atoms with van der Waals surface area (Å²) in [7, 11) is 1.33. The second kappa shape index (κ2) is 8.47. The number of esters is 1. The third-order valence-corrected chi connectivity index (χ3v) is 5.42. The fourth-order valence-electron chi connectivity index (χ4n) is 3.51. The van der Waals surface area contributed by atoms with E-state index in [1.807, 2.05) is 51.1 Å². The van der Waals surface area contributed by atoms with Crippen molar-refractivity contribution in [3.8, 4) is 0 Å². The highest BCUT2D eigenvalue weighted by molar-refractivity contribution is 5.99. The number of methoxy groups -OCH3 is 1. The van der Waals surface area contributed by atoms with Crippen molar-refractivity contribution in [2.75, 3.05) is 19.0 Å². The molecule has 29 heavy (non-hydrogen) atoms. The number of carbonyl (C=O) groups is 3. The third kappa shape index (κ3) is 4.65. The molecule has 2 amide bonds. The fourth-order valence-corrected chi connectivity index (χ4v) is 3.51. The summed E-state index contributed by atoms with van der Waals surface area (Å²) in [4.78, 5) is 38.8. The Hall–Kier alpha value is -3.15. The van der Waals surface area contributed by atoms with E-state index in [1.165, 1.54) is 12.7 Å². The van der Waals surface area contributed by atoms with Crippen LogP contribution >= 0.6 is 0 Å². The van der Waals surface area contributed by atoms with Crippen LogP contribution in [0.2, 0.25) is 0 Å². The van der Waals surface area contributed by atoms with E-state index in [-0.39, 0.29) is 18.2 Å². The van der Waals surface area contributed by atoms with E-state index in [9.17, 15) is 14.4 Å². The zero-order valence-corrected chi connectivity index (χ0v) is 17.2. The molecule has 1 N–H and O–H groups in total. The van der Waals surface area contributed by atoms with Gasteiger partial charge >= 0.3 is 5.97 Å². The van der Waals surface area contributed by atoms with Gasteiger partial charge in [0.2, 0.25) is 11.8 Å². The van der Waals surface area contributed by atoms with Crippen molar-refractivity contribution in [1.29, 1.82) is 0 Å². The predicted molar refractivity (Wildman–Crippen MR) is 111 cm³/mol. The van der Waals surface area contributed by atoms with Crippen LogP contribution in [0.5, 0.6) is 0 Å². The molecule has 0 saturated carbocycles. The van der Waals surface area contributed by atoms with Gasteiger partial charge in [-0.1, -0.05) is 29.8 Å². The smallest absolute Gasteiger partial charge is 0.338 e. The lowest BCUT2D eigenvalue weighted by atomic mass is 10.0. The molecule has 0 radical (unpaired) electrons. The first-order valence-electron chi connectivity index (χ1n) is 9.62. The first-order valence-corrected chi connectivity index (χ1v) is 9.62. The van der Waals surface area contributed by atoms with Crippen LogP contribution in [-0.4, -0.2) is 36.3 Å². The van der Waals surface area contributed by atoms with Gasteiger partial charge < -0.3 is 15.0 Å². The Morgan fingerprint density at radius 3 is 2.48 bits per heavy atom. The average Bonchev–Trinajstić information content (AvgIpc) is 3.06. The Labute approximate surface area is 170 Å². The molecule has 1 saturated heterocycles. The standard InChI is InChI=1S/C23H26N2O4/c1-14-5-7-17(8-6-14)12-25-13-18(10-21(25)26)22(27)24-19-9-15(2)16(3)20(11-19)23(28)29-4/h5-9,11,18H,10,12-13H2,1-4H3,(H,24,27). The summed E-state index contributed by atoms with van der Waals surface area (Å²) >= 11 is 0. The number of ether oxygens (including phenoxy) is 1. The van der Waals surface area contributed by atoms with Crippen molar-refractivity contribution in [2.45, 2.75) is 33.7 Å². The summed E-state index contributed by atoms with van der Waals surface area (Å²) in [6, 6.07) is 11.5. The molecule has 1 heterocycles. The zero-order valence-electron chi connectivity index (χ0n) is 17.2. The minimum absolute atomic E-state index is 0.0268. The number of rotatable bonds is 5. The SMILES string of the molecule is COC(=O)c1cc(NC(=O)C2CC(=O)N(Cc3ccc(C)cc3)C2)cc(C)c1C. The van der Waals surface area contributed by atoms with Gasteiger partial charge in [0.15, 0.2) is 0 Å². The number of hydrogen-bond acceptors (Lipinski definition) is 4. The minimum Gasteiger partial charge on any atom is -0.465 e. The number of aryl methyl sites for hydroxylation is 2. The van der Waals surface area contributed by atoms with Crippen molar-refractivity contribution in [2.24, 2.45) is 5.92 Å². The van der Waals surface area contributed by atoms with Crippen LogP contribution in [0.1, 0.15) is 39.0 Å². The molecule has 1 atom stereocenters. The van der Waals surface area contributed by atoms with Crippen LogP contribution in [0.25, 0.3) is 0 Å². The lowest BCUT2D eigenvalue weighted by Gasteiger charge is -2.17. The molecule has 1 unspecified atom stereocenters. The molecule has 0 aromatic heterocycles. The highest BCUT2D eigenvalue weighted by Crippen LogP contribution is 2.25. The molecule has 2 aromatic rings. The van der Waals surface area contributed by atoms with Gasteiger partial charge in [-0.25, -0.2) is 4.79 Å². The van der Waals surface area contributed by atoms with Crippen molar-refractivity contribution < 1.29 is 19.1 Å². The molecule has 1 fully saturated rings. The summed E-state index contributed by atoms with van der Waals surface area (Å²) in [6.07, 6.45) is 0.187. The number of likely N-dealkylation sites (tertiary alicyclic amines) is 1. The van der Waals surface area contributed by atoms with Crippen LogP contribution < -0.4 is 5.32 Å². The maximum atomic E-state index is 12.7. The van der Waals surface area contributed by atoms with Gasteiger partial charge in [0.1, 0.15) is 0 Å². The normalized spacial score (nSPS) is 16.1. The summed E-state index contributed by atoms with van der Waals surface area (Å²) in [5, 5.41) is 2.86. The Balaban J connectivity index is 1.68. The van der Waals surface area contributed by atoms with Gasteiger partial charge in [-0.3, -0.25) is 9.59 Å². The highest BCUT2D eigenvalue weighted by Gasteiger charge is 2.34. The van der Waals surface area contributed by atoms with Crippen LogP contribution in [0.4, 0.5) is 5.69 Å². The van der Waals surface area contributed by atoms with Gasteiger partial charge in [-0.15, -0.1) is 0 Å². The molecule has 2 aromatic carbocycles. The number of anilines is 1. The second-order valence-corrected chi connectivity index (χ2v) is 7.61. The van der Waals surface area contributed by atoms with Crippen LogP contribution in [0.3, 0.4) is 0 Å². The van der Waals surface area contributed by atoms with Crippen molar-refractivity contribution >= 4 is 23.5 Å². The van der Waals surface area contributed by atoms with Gasteiger partial charge in [-0.2, -0.15) is 0 Å². The van der Waals surface area contributed by atoms with Crippen molar-refractivity contribution in [3.63, 3.8) is 0 Å². The number of nitrogens with zero attached hydrogens (tertiary/aromatic N) is 1. The molecule has 152 valence electrons. The third-order valence-electron chi connectivity index (χ3n) is 5.42. The number of amides is 2. The van der Waals surface area contributed by atoms with Crippen molar-refractivity contribution in [1.82, 2.24) is 4.90 Å². The summed E-state index contributed by atoms with van der Waals surface area (Å²) in [5.41, 5.74) is 4.86. The molecule has 0 aliphatic carbocycles. The molecule has 6 heteroatoms. The molecule has 0 spiro atoms. The first kappa shape index (κ1) is 20.6. The van der Waals surface area contributed by atoms with Crippen LogP contribution in [0, 0.1) is 26.7 Å². The van der Waals surface area contributed by atoms with Crippen molar-refractivity contribution in [3.05, 3.63) is 64.2 Å². The van der Waals surface area contributed by atoms with Gasteiger partial charge in [0.05, 0.1) is 18.6 Å². The Morgan fingerprint density at radius 2 is 1.83 bits per heavy atom. The van der Waals surface area contributed by atoms with E-state index in [0.29, 0.717) is 24.3 Å². The average molecular weight is 394 g/mol. The van der Waals surface area contributed by atoms with E-state index in [0.717, 1.165) is 16.7 Å². The number of nitrogens with one attached hydrogen (secondary N) is 1. The lowest BCUT2D eigenvalue weighted by Crippen LogP contribution is -2.28. The maximum Gasteiger partial charge on any atom is 0.338 e. The predicted octanol–water partition coefficient (Wildman–Crippen LogP) is 3.39.